The molecule has 1 aliphatic carbocycles. The van der Waals surface area contributed by atoms with Gasteiger partial charge in [0.25, 0.3) is 0 Å². The average molecular weight is 206 g/mol. The van der Waals surface area contributed by atoms with Crippen molar-refractivity contribution in [2.75, 3.05) is 6.61 Å². The highest BCUT2D eigenvalue weighted by atomic mass is 35.5. The van der Waals surface area contributed by atoms with Gasteiger partial charge in [-0.05, 0) is 12.8 Å². The van der Waals surface area contributed by atoms with E-state index in [1.807, 2.05) is 0 Å². The summed E-state index contributed by atoms with van der Waals surface area (Å²) in [4.78, 5) is 4.07. The first-order chi connectivity index (χ1) is 5.74. The van der Waals surface area contributed by atoms with Crippen LogP contribution in [-0.4, -0.2) is 21.9 Å². The van der Waals surface area contributed by atoms with E-state index in [1.54, 1.807) is 0 Å². The predicted molar refractivity (Wildman–Crippen MR) is 47.4 cm³/mol. The van der Waals surface area contributed by atoms with Gasteiger partial charge in [-0.2, -0.15) is 4.98 Å². The second-order valence-corrected chi connectivity index (χ2v) is 3.15. The van der Waals surface area contributed by atoms with E-state index in [0.717, 1.165) is 12.8 Å². The topological polar surface area (TPSA) is 85.2 Å². The number of halogens is 1. The van der Waals surface area contributed by atoms with E-state index >= 15 is 0 Å². The number of hydrogen-bond donors (Lipinski definition) is 2. The van der Waals surface area contributed by atoms with Gasteiger partial charge in [0.2, 0.25) is 5.89 Å². The number of aliphatic hydroxyl groups excluding tert-OH is 1. The molecule has 1 aromatic heterocycles. The summed E-state index contributed by atoms with van der Waals surface area (Å²) in [6, 6.07) is 0. The number of rotatable bonds is 3. The van der Waals surface area contributed by atoms with E-state index in [0.29, 0.717) is 18.1 Å². The van der Waals surface area contributed by atoms with Gasteiger partial charge < -0.3 is 15.4 Å². The summed E-state index contributed by atoms with van der Waals surface area (Å²) < 4.78 is 4.95. The molecular weight excluding hydrogens is 194 g/mol. The summed E-state index contributed by atoms with van der Waals surface area (Å²) in [5, 5.41) is 12.3. The van der Waals surface area contributed by atoms with Crippen LogP contribution in [0.15, 0.2) is 4.52 Å². The molecule has 74 valence electrons. The molecule has 13 heavy (non-hydrogen) atoms. The minimum absolute atomic E-state index is 0. The van der Waals surface area contributed by atoms with Crippen LogP contribution in [0.3, 0.4) is 0 Å². The van der Waals surface area contributed by atoms with Gasteiger partial charge in [-0.25, -0.2) is 0 Å². The Hall–Kier alpha value is -0.650. The minimum Gasteiger partial charge on any atom is -0.396 e. The third-order valence-corrected chi connectivity index (χ3v) is 2.02. The monoisotopic (exact) mass is 205 g/mol. The highest BCUT2D eigenvalue weighted by Gasteiger charge is 2.45. The first kappa shape index (κ1) is 10.4. The molecule has 0 atom stereocenters. The van der Waals surface area contributed by atoms with Gasteiger partial charge >= 0.3 is 0 Å². The van der Waals surface area contributed by atoms with Crippen molar-refractivity contribution in [3.05, 3.63) is 11.7 Å². The Labute approximate surface area is 81.7 Å². The number of aromatic nitrogens is 2. The average Bonchev–Trinajstić information content (AvgIpc) is 2.64. The molecule has 0 spiro atoms. The standard InChI is InChI=1S/C7H11N3O2.ClH/c8-7(2-3-7)6-9-5(1-4-11)10-12-6;/h11H,1-4,8H2;1H. The van der Waals surface area contributed by atoms with Gasteiger partial charge in [0.05, 0.1) is 12.1 Å². The van der Waals surface area contributed by atoms with Crippen LogP contribution in [0.5, 0.6) is 0 Å². The number of nitrogens with zero attached hydrogens (tertiary/aromatic N) is 2. The number of nitrogens with two attached hydrogens (primary N) is 1. The molecule has 1 fully saturated rings. The predicted octanol–water partition coefficient (Wildman–Crippen LogP) is -0.0260. The van der Waals surface area contributed by atoms with Gasteiger partial charge in [-0.1, -0.05) is 5.16 Å². The lowest BCUT2D eigenvalue weighted by Gasteiger charge is -1.97. The molecular formula is C7H12ClN3O2. The van der Waals surface area contributed by atoms with Crippen molar-refractivity contribution < 1.29 is 9.63 Å². The fourth-order valence-electron chi connectivity index (χ4n) is 1.01. The molecule has 0 bridgehead atoms. The van der Waals surface area contributed by atoms with Crippen LogP contribution in [0.25, 0.3) is 0 Å². The normalized spacial score (nSPS) is 18.0. The van der Waals surface area contributed by atoms with Crippen LogP contribution in [0.2, 0.25) is 0 Å². The van der Waals surface area contributed by atoms with Crippen molar-refractivity contribution in [2.45, 2.75) is 24.8 Å². The molecule has 3 N–H and O–H groups in total. The van der Waals surface area contributed by atoms with Gasteiger partial charge in [0.1, 0.15) is 0 Å². The van der Waals surface area contributed by atoms with Crippen molar-refractivity contribution >= 4 is 12.4 Å². The summed E-state index contributed by atoms with van der Waals surface area (Å²) in [6.45, 7) is 0.0382. The second kappa shape index (κ2) is 3.61. The van der Waals surface area contributed by atoms with Crippen molar-refractivity contribution in [3.63, 3.8) is 0 Å². The van der Waals surface area contributed by atoms with Crippen LogP contribution < -0.4 is 5.73 Å². The molecule has 1 aliphatic rings. The second-order valence-electron chi connectivity index (χ2n) is 3.15. The Morgan fingerprint density at radius 3 is 2.77 bits per heavy atom. The van der Waals surface area contributed by atoms with Crippen LogP contribution in [0.1, 0.15) is 24.6 Å². The molecule has 1 aromatic rings. The van der Waals surface area contributed by atoms with E-state index in [4.69, 9.17) is 15.4 Å². The largest absolute Gasteiger partial charge is 0.396 e. The third kappa shape index (κ3) is 1.99. The van der Waals surface area contributed by atoms with E-state index < -0.39 is 0 Å². The van der Waals surface area contributed by atoms with Gasteiger partial charge in [-0.15, -0.1) is 12.4 Å². The summed E-state index contributed by atoms with van der Waals surface area (Å²) in [5.41, 5.74) is 5.46. The molecule has 5 nitrogen and oxygen atoms in total. The Balaban J connectivity index is 0.000000845. The summed E-state index contributed by atoms with van der Waals surface area (Å²) in [7, 11) is 0. The SMILES string of the molecule is Cl.NC1(c2nc(CCO)no2)CC1. The minimum atomic E-state index is -0.360. The van der Waals surface area contributed by atoms with Crippen molar-refractivity contribution in [1.82, 2.24) is 10.1 Å². The lowest BCUT2D eigenvalue weighted by molar-refractivity contribution is 0.292. The molecule has 1 heterocycles. The number of aliphatic hydroxyl groups is 1. The van der Waals surface area contributed by atoms with Gasteiger partial charge in [0, 0.05) is 6.42 Å². The van der Waals surface area contributed by atoms with Crippen LogP contribution in [-0.2, 0) is 12.0 Å². The Bertz CT molecular complexity index is 285. The van der Waals surface area contributed by atoms with Crippen molar-refractivity contribution in [1.29, 1.82) is 0 Å². The smallest absolute Gasteiger partial charge is 0.246 e. The molecule has 0 saturated heterocycles. The van der Waals surface area contributed by atoms with E-state index in [-0.39, 0.29) is 24.6 Å². The Morgan fingerprint density at radius 1 is 1.54 bits per heavy atom. The zero-order valence-corrected chi connectivity index (χ0v) is 7.88. The van der Waals surface area contributed by atoms with Crippen LogP contribution >= 0.6 is 12.4 Å². The maximum Gasteiger partial charge on any atom is 0.246 e. The molecule has 0 amide bonds. The summed E-state index contributed by atoms with van der Waals surface area (Å²) in [6.07, 6.45) is 2.25. The summed E-state index contributed by atoms with van der Waals surface area (Å²) >= 11 is 0. The van der Waals surface area contributed by atoms with Gasteiger partial charge in [0.15, 0.2) is 5.82 Å². The first-order valence-electron chi connectivity index (χ1n) is 3.97. The van der Waals surface area contributed by atoms with Crippen molar-refractivity contribution in [2.24, 2.45) is 5.73 Å². The lowest BCUT2D eigenvalue weighted by atomic mass is 10.3. The fourth-order valence-corrected chi connectivity index (χ4v) is 1.01. The molecule has 0 unspecified atom stereocenters. The quantitative estimate of drug-likeness (QED) is 0.724. The molecule has 6 heteroatoms. The number of hydrogen-bond acceptors (Lipinski definition) is 5. The van der Waals surface area contributed by atoms with E-state index in [1.165, 1.54) is 0 Å². The third-order valence-electron chi connectivity index (χ3n) is 2.02. The molecule has 0 radical (unpaired) electrons. The van der Waals surface area contributed by atoms with Gasteiger partial charge in [-0.3, -0.25) is 0 Å². The highest BCUT2D eigenvalue weighted by Crippen LogP contribution is 2.41. The highest BCUT2D eigenvalue weighted by molar-refractivity contribution is 5.85. The lowest BCUT2D eigenvalue weighted by Crippen LogP contribution is -2.19. The van der Waals surface area contributed by atoms with Crippen LogP contribution in [0.4, 0.5) is 0 Å². The fraction of sp³-hybridized carbons (Fsp3) is 0.714. The maximum absolute atomic E-state index is 8.59. The zero-order chi connectivity index (χ0) is 8.60. The Kier molecular flexibility index (Phi) is 2.90. The molecule has 2 rings (SSSR count). The molecule has 0 aromatic carbocycles. The first-order valence-corrected chi connectivity index (χ1v) is 3.97. The summed E-state index contributed by atoms with van der Waals surface area (Å²) in [5.74, 6) is 1.04. The van der Waals surface area contributed by atoms with Crippen molar-refractivity contribution in [3.8, 4) is 0 Å². The zero-order valence-electron chi connectivity index (χ0n) is 7.06. The maximum atomic E-state index is 8.59. The van der Waals surface area contributed by atoms with E-state index in [9.17, 15) is 0 Å². The molecule has 0 aliphatic heterocycles. The van der Waals surface area contributed by atoms with E-state index in [2.05, 4.69) is 10.1 Å². The Morgan fingerprint density at radius 2 is 2.23 bits per heavy atom. The van der Waals surface area contributed by atoms with Crippen LogP contribution in [0, 0.1) is 0 Å². The molecule has 1 saturated carbocycles.